The van der Waals surface area contributed by atoms with Crippen molar-refractivity contribution in [1.82, 2.24) is 14.6 Å². The number of carbonyl (C=O) groups is 1. The van der Waals surface area contributed by atoms with Crippen molar-refractivity contribution < 1.29 is 36.9 Å². The molecule has 1 aromatic heterocycles. The first kappa shape index (κ1) is 24.7. The van der Waals surface area contributed by atoms with E-state index in [2.05, 4.69) is 4.84 Å². The highest BCUT2D eigenvalue weighted by molar-refractivity contribution is 7.94. The lowest BCUT2D eigenvalue weighted by Crippen LogP contribution is -2.45. The van der Waals surface area contributed by atoms with E-state index < -0.39 is 37.4 Å². The average Bonchev–Trinajstić information content (AvgIpc) is 3.18. The fraction of sp³-hybridized carbons (Fsp3) is 0.353. The van der Waals surface area contributed by atoms with Crippen molar-refractivity contribution in [3.63, 3.8) is 0 Å². The molecule has 0 unspecified atom stereocenters. The first-order valence-electron chi connectivity index (χ1n) is 9.20. The molecule has 0 bridgehead atoms. The van der Waals surface area contributed by atoms with Gasteiger partial charge in [0, 0.05) is 31.3 Å². The van der Waals surface area contributed by atoms with E-state index >= 15 is 0 Å². The highest BCUT2D eigenvalue weighted by Crippen LogP contribution is 2.42. The molecule has 1 atom stereocenters. The van der Waals surface area contributed by atoms with Gasteiger partial charge in [0.1, 0.15) is 8.42 Å². The van der Waals surface area contributed by atoms with Crippen molar-refractivity contribution in [2.24, 2.45) is 5.14 Å². The Hall–Kier alpha value is -1.95. The Morgan fingerprint density at radius 2 is 2.00 bits per heavy atom. The molecule has 15 heteroatoms. The highest BCUT2D eigenvalue weighted by atomic mass is 32.3. The predicted octanol–water partition coefficient (Wildman–Crippen LogP) is 0.745. The summed E-state index contributed by atoms with van der Waals surface area (Å²) >= 11 is 0.545. The van der Waals surface area contributed by atoms with Crippen LogP contribution in [0, 0.1) is 0 Å². The van der Waals surface area contributed by atoms with Gasteiger partial charge < -0.3 is 4.90 Å². The molecule has 0 spiro atoms. The molecule has 176 valence electrons. The highest BCUT2D eigenvalue weighted by Gasteiger charge is 2.41. The van der Waals surface area contributed by atoms with Crippen molar-refractivity contribution in [3.8, 4) is 0 Å². The van der Waals surface area contributed by atoms with Gasteiger partial charge in [0.25, 0.3) is 15.9 Å². The van der Waals surface area contributed by atoms with Gasteiger partial charge in [-0.05, 0) is 24.6 Å². The minimum absolute atomic E-state index is 0.0879. The number of sulfonamides is 2. The van der Waals surface area contributed by atoms with Crippen LogP contribution in [0.4, 0.5) is 0 Å². The van der Waals surface area contributed by atoms with Crippen LogP contribution in [-0.2, 0) is 31.5 Å². The van der Waals surface area contributed by atoms with Crippen LogP contribution in [0.2, 0.25) is 0 Å². The molecule has 1 aliphatic heterocycles. The van der Waals surface area contributed by atoms with E-state index in [-0.39, 0.29) is 39.2 Å². The Morgan fingerprint density at radius 1 is 1.34 bits per heavy atom. The summed E-state index contributed by atoms with van der Waals surface area (Å²) in [6.07, 6.45) is 0. The monoisotopic (exact) mass is 506 g/mol. The van der Waals surface area contributed by atoms with Gasteiger partial charge in [-0.2, -0.15) is 4.31 Å². The number of benzene rings is 1. The number of likely N-dealkylation sites (N-methyl/N-ethyl adjacent to an activating group) is 2. The number of thiophene rings is 1. The molecule has 1 amide bonds. The van der Waals surface area contributed by atoms with Crippen LogP contribution in [0.25, 0.3) is 0 Å². The second kappa shape index (κ2) is 9.12. The lowest BCUT2D eigenvalue weighted by Gasteiger charge is -2.37. The van der Waals surface area contributed by atoms with Crippen LogP contribution in [0.15, 0.2) is 38.8 Å². The number of amides is 1. The maximum atomic E-state index is 13.4. The van der Waals surface area contributed by atoms with Gasteiger partial charge in [-0.1, -0.05) is 18.2 Å². The molecule has 2 aromatic rings. The molecule has 0 saturated carbocycles. The van der Waals surface area contributed by atoms with Crippen molar-refractivity contribution in [2.75, 3.05) is 20.1 Å². The topological polar surface area (TPSA) is 171 Å². The Morgan fingerprint density at radius 3 is 2.59 bits per heavy atom. The molecular weight excluding hydrogens is 484 g/mol. The summed E-state index contributed by atoms with van der Waals surface area (Å²) in [5.74, 6) is -0.471. The summed E-state index contributed by atoms with van der Waals surface area (Å²) in [4.78, 5) is 19.5. The van der Waals surface area contributed by atoms with E-state index in [0.717, 1.165) is 4.31 Å². The molecular formula is C17H22N4O8S3. The van der Waals surface area contributed by atoms with Gasteiger partial charge in [-0.15, -0.1) is 11.3 Å². The zero-order valence-electron chi connectivity index (χ0n) is 17.1. The molecule has 12 nitrogen and oxygen atoms in total. The van der Waals surface area contributed by atoms with Crippen LogP contribution < -0.4 is 5.14 Å². The van der Waals surface area contributed by atoms with Crippen LogP contribution >= 0.6 is 11.3 Å². The molecule has 0 aliphatic carbocycles. The van der Waals surface area contributed by atoms with Crippen LogP contribution in [0.5, 0.6) is 0 Å². The molecule has 0 fully saturated rings. The Labute approximate surface area is 189 Å². The lowest BCUT2D eigenvalue weighted by atomic mass is 10.0. The van der Waals surface area contributed by atoms with E-state index in [9.17, 15) is 21.6 Å². The van der Waals surface area contributed by atoms with Crippen LogP contribution in [0.3, 0.4) is 0 Å². The summed E-state index contributed by atoms with van der Waals surface area (Å²) in [5, 5.41) is 22.4. The quantitative estimate of drug-likeness (QED) is 0.458. The number of primary sulfonamides is 1. The molecule has 1 aromatic carbocycles. The Kier molecular flexibility index (Phi) is 7.04. The van der Waals surface area contributed by atoms with Crippen molar-refractivity contribution >= 4 is 37.3 Å². The fourth-order valence-corrected chi connectivity index (χ4v) is 7.46. The minimum atomic E-state index is -4.15. The SMILES string of the molecule is CCN(C(=O)c1ccccc1CON(O)O)[C@H]1CN(C)S(=O)(=O)c2sc(S(N)(=O)=O)cc21. The lowest BCUT2D eigenvalue weighted by molar-refractivity contribution is -0.497. The number of fused-ring (bicyclic) bond motifs is 1. The first-order valence-corrected chi connectivity index (χ1v) is 13.0. The normalized spacial score (nSPS) is 18.5. The number of nitrogens with two attached hydrogens (primary N) is 1. The van der Waals surface area contributed by atoms with Crippen molar-refractivity contribution in [2.45, 2.75) is 28.0 Å². The third kappa shape index (κ3) is 4.70. The van der Waals surface area contributed by atoms with Crippen LogP contribution in [0.1, 0.15) is 34.5 Å². The second-order valence-electron chi connectivity index (χ2n) is 6.93. The van der Waals surface area contributed by atoms with E-state index in [1.165, 1.54) is 24.1 Å². The standard InChI is InChI=1S/C17H22N4O8S3/c1-3-20(16(22)12-7-5-4-6-11(12)10-29-21(23)24)14-9-19(2)32(27,28)17-13(14)8-15(30-17)31(18,25)26/h4-8,14,23-24H,3,9-10H2,1-2H3,(H2,18,25,26)/t14-/m0/s1. The zero-order valence-corrected chi connectivity index (χ0v) is 19.5. The maximum Gasteiger partial charge on any atom is 0.254 e. The molecule has 0 saturated heterocycles. The van der Waals surface area contributed by atoms with E-state index in [4.69, 9.17) is 15.6 Å². The molecule has 3 rings (SSSR count). The van der Waals surface area contributed by atoms with Crippen molar-refractivity contribution in [3.05, 3.63) is 47.0 Å². The largest absolute Gasteiger partial charge is 0.330 e. The fourth-order valence-electron chi connectivity index (χ4n) is 3.43. The number of carbonyl (C=O) groups excluding carboxylic acids is 1. The summed E-state index contributed by atoms with van der Waals surface area (Å²) in [6, 6.07) is 6.77. The van der Waals surface area contributed by atoms with Gasteiger partial charge in [-0.25, -0.2) is 26.8 Å². The van der Waals surface area contributed by atoms with E-state index in [1.54, 1.807) is 25.1 Å². The van der Waals surface area contributed by atoms with Gasteiger partial charge in [0.05, 0.1) is 18.0 Å². The summed E-state index contributed by atoms with van der Waals surface area (Å²) < 4.78 is 49.8. The Balaban J connectivity index is 2.07. The second-order valence-corrected chi connectivity index (χ2v) is 12.0. The summed E-state index contributed by atoms with van der Waals surface area (Å²) in [6.45, 7) is 1.48. The third-order valence-electron chi connectivity index (χ3n) is 4.98. The molecule has 32 heavy (non-hydrogen) atoms. The number of nitrogens with zero attached hydrogens (tertiary/aromatic N) is 3. The number of hydrogen-bond acceptors (Lipinski definition) is 10. The average molecular weight is 507 g/mol. The smallest absolute Gasteiger partial charge is 0.254 e. The first-order chi connectivity index (χ1) is 14.9. The van der Waals surface area contributed by atoms with Gasteiger partial charge >= 0.3 is 0 Å². The van der Waals surface area contributed by atoms with Gasteiger partial charge in [-0.3, -0.25) is 15.2 Å². The molecule has 0 radical (unpaired) electrons. The molecule has 4 N–H and O–H groups in total. The predicted molar refractivity (Wildman–Crippen MR) is 112 cm³/mol. The van der Waals surface area contributed by atoms with Gasteiger partial charge in [0.15, 0.2) is 0 Å². The van der Waals surface area contributed by atoms with E-state index in [0.29, 0.717) is 16.9 Å². The summed E-state index contributed by atoms with van der Waals surface area (Å²) in [7, 11) is -6.74. The zero-order chi connectivity index (χ0) is 23.8. The molecule has 2 heterocycles. The van der Waals surface area contributed by atoms with Crippen molar-refractivity contribution in [1.29, 1.82) is 0 Å². The van der Waals surface area contributed by atoms with E-state index in [1.807, 2.05) is 0 Å². The number of hydrogen-bond donors (Lipinski definition) is 3. The van der Waals surface area contributed by atoms with Gasteiger partial charge in [0.2, 0.25) is 10.0 Å². The number of rotatable bonds is 7. The minimum Gasteiger partial charge on any atom is -0.330 e. The third-order valence-corrected chi connectivity index (χ3v) is 9.90. The van der Waals surface area contributed by atoms with Crippen LogP contribution in [-0.4, -0.2) is 67.9 Å². The summed E-state index contributed by atoms with van der Waals surface area (Å²) in [5.41, 5.74) is 0.741. The molecule has 1 aliphatic rings. The Bertz CT molecular complexity index is 1230. The maximum absolute atomic E-state index is 13.4.